The van der Waals surface area contributed by atoms with Crippen molar-refractivity contribution < 1.29 is 0 Å². The molecule has 21 heavy (non-hydrogen) atoms. The van der Waals surface area contributed by atoms with Crippen LogP contribution in [0.4, 0.5) is 5.82 Å². The summed E-state index contributed by atoms with van der Waals surface area (Å²) in [5, 5.41) is 4.96. The molecule has 1 aliphatic carbocycles. The van der Waals surface area contributed by atoms with E-state index >= 15 is 0 Å². The number of aromatic nitrogens is 2. The van der Waals surface area contributed by atoms with E-state index in [1.165, 1.54) is 38.5 Å². The number of rotatable bonds is 4. The third-order valence-corrected chi connectivity index (χ3v) is 4.63. The van der Waals surface area contributed by atoms with Crippen LogP contribution in [0.1, 0.15) is 45.4 Å². The molecule has 0 saturated heterocycles. The lowest BCUT2D eigenvalue weighted by Gasteiger charge is -2.29. The average Bonchev–Trinajstić information content (AvgIpc) is 2.49. The largest absolute Gasteiger partial charge is 0.367 e. The Kier molecular flexibility index (Phi) is 4.59. The SMILES string of the molecule is CCCC1CCC(Nc2nc(Cl)nc3ccccc23)CC1. The van der Waals surface area contributed by atoms with Crippen molar-refractivity contribution in [2.45, 2.75) is 51.5 Å². The lowest BCUT2D eigenvalue weighted by atomic mass is 9.83. The van der Waals surface area contributed by atoms with Crippen LogP contribution in [0.15, 0.2) is 24.3 Å². The van der Waals surface area contributed by atoms with Gasteiger partial charge in [-0.1, -0.05) is 31.9 Å². The number of nitrogens with one attached hydrogen (secondary N) is 1. The topological polar surface area (TPSA) is 37.8 Å². The Morgan fingerprint density at radius 1 is 1.14 bits per heavy atom. The molecule has 1 aromatic heterocycles. The van der Waals surface area contributed by atoms with Gasteiger partial charge in [-0.05, 0) is 55.3 Å². The second-order valence-corrected chi connectivity index (χ2v) is 6.35. The van der Waals surface area contributed by atoms with Gasteiger partial charge >= 0.3 is 0 Å². The van der Waals surface area contributed by atoms with Crippen LogP contribution in [0, 0.1) is 5.92 Å². The second kappa shape index (κ2) is 6.61. The van der Waals surface area contributed by atoms with E-state index in [9.17, 15) is 0 Å². The molecule has 1 saturated carbocycles. The fourth-order valence-electron chi connectivity index (χ4n) is 3.36. The first-order valence-electron chi connectivity index (χ1n) is 7.95. The van der Waals surface area contributed by atoms with Gasteiger partial charge in [-0.2, -0.15) is 0 Å². The summed E-state index contributed by atoms with van der Waals surface area (Å²) in [5.41, 5.74) is 0.902. The molecule has 3 rings (SSSR count). The number of hydrogen-bond donors (Lipinski definition) is 1. The van der Waals surface area contributed by atoms with Crippen molar-refractivity contribution in [1.82, 2.24) is 9.97 Å². The summed E-state index contributed by atoms with van der Waals surface area (Å²) in [7, 11) is 0. The fourth-order valence-corrected chi connectivity index (χ4v) is 3.53. The third kappa shape index (κ3) is 3.46. The van der Waals surface area contributed by atoms with Gasteiger partial charge in [-0.15, -0.1) is 0 Å². The van der Waals surface area contributed by atoms with E-state index in [-0.39, 0.29) is 0 Å². The second-order valence-electron chi connectivity index (χ2n) is 6.01. The Bertz CT molecular complexity index is 606. The van der Waals surface area contributed by atoms with Crippen molar-refractivity contribution in [1.29, 1.82) is 0 Å². The summed E-state index contributed by atoms with van der Waals surface area (Å²) in [6.07, 6.45) is 7.76. The number of hydrogen-bond acceptors (Lipinski definition) is 3. The summed E-state index contributed by atoms with van der Waals surface area (Å²) in [6, 6.07) is 8.53. The summed E-state index contributed by atoms with van der Waals surface area (Å²) >= 11 is 6.04. The molecule has 3 nitrogen and oxygen atoms in total. The lowest BCUT2D eigenvalue weighted by Crippen LogP contribution is -2.26. The molecule has 1 fully saturated rings. The first-order valence-corrected chi connectivity index (χ1v) is 8.33. The number of halogens is 1. The monoisotopic (exact) mass is 303 g/mol. The van der Waals surface area contributed by atoms with Gasteiger partial charge in [0.1, 0.15) is 5.82 Å². The third-order valence-electron chi connectivity index (χ3n) is 4.46. The molecule has 1 aliphatic rings. The molecule has 0 unspecified atom stereocenters. The maximum Gasteiger partial charge on any atom is 0.224 e. The van der Waals surface area contributed by atoms with Crippen LogP contribution in [-0.2, 0) is 0 Å². The normalized spacial score (nSPS) is 22.4. The molecule has 1 aromatic carbocycles. The van der Waals surface area contributed by atoms with Crippen molar-refractivity contribution in [3.05, 3.63) is 29.5 Å². The molecule has 0 aliphatic heterocycles. The highest BCUT2D eigenvalue weighted by molar-refractivity contribution is 6.28. The van der Waals surface area contributed by atoms with E-state index in [4.69, 9.17) is 11.6 Å². The maximum atomic E-state index is 6.04. The van der Waals surface area contributed by atoms with Crippen molar-refractivity contribution in [3.63, 3.8) is 0 Å². The standard InChI is InChI=1S/C17H22ClN3/c1-2-5-12-8-10-13(11-9-12)19-16-14-6-3-4-7-15(14)20-17(18)21-16/h3-4,6-7,12-13H,2,5,8-11H2,1H3,(H,19,20,21). The first kappa shape index (κ1) is 14.6. The summed E-state index contributed by atoms with van der Waals surface area (Å²) < 4.78 is 0. The van der Waals surface area contributed by atoms with Gasteiger partial charge in [0.05, 0.1) is 5.52 Å². The summed E-state index contributed by atoms with van der Waals surface area (Å²) in [6.45, 7) is 2.28. The Labute approximate surface area is 131 Å². The molecule has 1 heterocycles. The zero-order chi connectivity index (χ0) is 14.7. The van der Waals surface area contributed by atoms with Crippen molar-refractivity contribution >= 4 is 28.3 Å². The van der Waals surface area contributed by atoms with Crippen LogP contribution < -0.4 is 5.32 Å². The maximum absolute atomic E-state index is 6.04. The molecule has 1 N–H and O–H groups in total. The van der Waals surface area contributed by atoms with Gasteiger partial charge in [0.15, 0.2) is 0 Å². The van der Waals surface area contributed by atoms with E-state index in [2.05, 4.69) is 28.3 Å². The number of para-hydroxylation sites is 1. The van der Waals surface area contributed by atoms with Gasteiger partial charge in [-0.3, -0.25) is 0 Å². The fraction of sp³-hybridized carbons (Fsp3) is 0.529. The van der Waals surface area contributed by atoms with Crippen LogP contribution in [0.2, 0.25) is 5.28 Å². The molecule has 0 amide bonds. The molecular weight excluding hydrogens is 282 g/mol. The number of anilines is 1. The van der Waals surface area contributed by atoms with Crippen LogP contribution in [0.3, 0.4) is 0 Å². The Balaban J connectivity index is 1.74. The van der Waals surface area contributed by atoms with E-state index < -0.39 is 0 Å². The van der Waals surface area contributed by atoms with Gasteiger partial charge in [0.25, 0.3) is 0 Å². The summed E-state index contributed by atoms with van der Waals surface area (Å²) in [4.78, 5) is 8.67. The van der Waals surface area contributed by atoms with Gasteiger partial charge in [0, 0.05) is 11.4 Å². The van der Waals surface area contributed by atoms with Crippen molar-refractivity contribution in [2.24, 2.45) is 5.92 Å². The van der Waals surface area contributed by atoms with Gasteiger partial charge < -0.3 is 5.32 Å². The summed E-state index contributed by atoms with van der Waals surface area (Å²) in [5.74, 6) is 1.79. The predicted molar refractivity (Wildman–Crippen MR) is 88.8 cm³/mol. The average molecular weight is 304 g/mol. The molecule has 112 valence electrons. The Morgan fingerprint density at radius 2 is 1.90 bits per heavy atom. The highest BCUT2D eigenvalue weighted by Crippen LogP contribution is 2.30. The highest BCUT2D eigenvalue weighted by Gasteiger charge is 2.21. The number of benzene rings is 1. The number of fused-ring (bicyclic) bond motifs is 1. The molecule has 0 spiro atoms. The molecular formula is C17H22ClN3. The molecule has 4 heteroatoms. The van der Waals surface area contributed by atoms with Crippen LogP contribution >= 0.6 is 11.6 Å². The first-order chi connectivity index (χ1) is 10.3. The highest BCUT2D eigenvalue weighted by atomic mass is 35.5. The van der Waals surface area contributed by atoms with Gasteiger partial charge in [-0.25, -0.2) is 9.97 Å². The van der Waals surface area contributed by atoms with Crippen molar-refractivity contribution in [2.75, 3.05) is 5.32 Å². The quantitative estimate of drug-likeness (QED) is 0.803. The molecule has 0 atom stereocenters. The Hall–Kier alpha value is -1.35. The van der Waals surface area contributed by atoms with E-state index in [1.54, 1.807) is 0 Å². The Morgan fingerprint density at radius 3 is 2.67 bits per heavy atom. The number of nitrogens with zero attached hydrogens (tertiary/aromatic N) is 2. The molecule has 0 bridgehead atoms. The van der Waals surface area contributed by atoms with Crippen LogP contribution in [-0.4, -0.2) is 16.0 Å². The van der Waals surface area contributed by atoms with E-state index in [0.29, 0.717) is 11.3 Å². The minimum atomic E-state index is 0.316. The van der Waals surface area contributed by atoms with Crippen LogP contribution in [0.5, 0.6) is 0 Å². The smallest absolute Gasteiger partial charge is 0.224 e. The molecule has 2 aromatic rings. The van der Waals surface area contributed by atoms with E-state index in [0.717, 1.165) is 22.6 Å². The van der Waals surface area contributed by atoms with E-state index in [1.807, 2.05) is 18.2 Å². The molecule has 0 radical (unpaired) electrons. The van der Waals surface area contributed by atoms with Gasteiger partial charge in [0.2, 0.25) is 5.28 Å². The minimum Gasteiger partial charge on any atom is -0.367 e. The van der Waals surface area contributed by atoms with Crippen molar-refractivity contribution in [3.8, 4) is 0 Å². The lowest BCUT2D eigenvalue weighted by molar-refractivity contribution is 0.318. The predicted octanol–water partition coefficient (Wildman–Crippen LogP) is 5.05. The zero-order valence-electron chi connectivity index (χ0n) is 12.5. The zero-order valence-corrected chi connectivity index (χ0v) is 13.2. The van der Waals surface area contributed by atoms with Crippen LogP contribution in [0.25, 0.3) is 10.9 Å². The minimum absolute atomic E-state index is 0.316.